The van der Waals surface area contributed by atoms with Crippen molar-refractivity contribution in [1.29, 1.82) is 0 Å². The topological polar surface area (TPSA) is 29.1 Å². The van der Waals surface area contributed by atoms with Crippen LogP contribution in [0.1, 0.15) is 5.56 Å². The molecule has 13 heavy (non-hydrogen) atoms. The van der Waals surface area contributed by atoms with E-state index in [1.54, 1.807) is 13.1 Å². The van der Waals surface area contributed by atoms with Gasteiger partial charge in [-0.2, -0.15) is 0 Å². The molecule has 0 aliphatic rings. The van der Waals surface area contributed by atoms with Gasteiger partial charge in [0.15, 0.2) is 0 Å². The molecule has 0 fully saturated rings. The fraction of sp³-hybridized carbons (Fsp3) is 0.100. The van der Waals surface area contributed by atoms with Crippen molar-refractivity contribution in [1.82, 2.24) is 5.32 Å². The Hall–Kier alpha value is -1.09. The second-order valence-corrected chi connectivity index (χ2v) is 3.41. The zero-order valence-electron chi connectivity index (χ0n) is 7.25. The molecular formula is C10H10BrNO. The molecule has 0 bridgehead atoms. The monoisotopic (exact) mass is 239 g/mol. The molecule has 1 amide bonds. The Balaban J connectivity index is 2.69. The minimum atomic E-state index is -0.0945. The molecule has 0 aliphatic heterocycles. The van der Waals surface area contributed by atoms with Gasteiger partial charge in [-0.1, -0.05) is 28.1 Å². The van der Waals surface area contributed by atoms with E-state index in [2.05, 4.69) is 21.2 Å². The van der Waals surface area contributed by atoms with E-state index in [1.165, 1.54) is 6.08 Å². The summed E-state index contributed by atoms with van der Waals surface area (Å²) in [4.78, 5) is 10.8. The van der Waals surface area contributed by atoms with Crippen molar-refractivity contribution in [2.75, 3.05) is 7.05 Å². The Kier molecular flexibility index (Phi) is 3.71. The minimum Gasteiger partial charge on any atom is -0.356 e. The van der Waals surface area contributed by atoms with Gasteiger partial charge in [0.2, 0.25) is 5.91 Å². The molecule has 1 N–H and O–H groups in total. The molecule has 0 atom stereocenters. The molecule has 2 nitrogen and oxygen atoms in total. The Morgan fingerprint density at radius 1 is 1.38 bits per heavy atom. The summed E-state index contributed by atoms with van der Waals surface area (Å²) >= 11 is 3.34. The maximum atomic E-state index is 10.8. The van der Waals surface area contributed by atoms with Crippen LogP contribution in [0.25, 0.3) is 6.08 Å². The maximum absolute atomic E-state index is 10.8. The van der Waals surface area contributed by atoms with Gasteiger partial charge < -0.3 is 5.32 Å². The largest absolute Gasteiger partial charge is 0.356 e. The highest BCUT2D eigenvalue weighted by Gasteiger charge is 1.90. The van der Waals surface area contributed by atoms with Crippen molar-refractivity contribution in [3.8, 4) is 0 Å². The molecule has 0 spiro atoms. The first-order valence-electron chi connectivity index (χ1n) is 3.88. The van der Waals surface area contributed by atoms with Crippen LogP contribution in [0.5, 0.6) is 0 Å². The van der Waals surface area contributed by atoms with E-state index in [0.29, 0.717) is 0 Å². The van der Waals surface area contributed by atoms with Crippen LogP contribution in [0.2, 0.25) is 0 Å². The molecule has 0 radical (unpaired) electrons. The predicted molar refractivity (Wildman–Crippen MR) is 57.2 cm³/mol. The molecule has 0 saturated heterocycles. The lowest BCUT2D eigenvalue weighted by Gasteiger charge is -1.93. The Bertz CT molecular complexity index is 316. The summed E-state index contributed by atoms with van der Waals surface area (Å²) in [7, 11) is 1.61. The van der Waals surface area contributed by atoms with Crippen LogP contribution in [-0.2, 0) is 4.79 Å². The third-order valence-electron chi connectivity index (χ3n) is 1.54. The Morgan fingerprint density at radius 2 is 2.00 bits per heavy atom. The summed E-state index contributed by atoms with van der Waals surface area (Å²) in [5.41, 5.74) is 1.01. The number of carbonyl (C=O) groups excluding carboxylic acids is 1. The van der Waals surface area contributed by atoms with Crippen molar-refractivity contribution < 1.29 is 4.79 Å². The molecule has 1 aromatic carbocycles. The van der Waals surface area contributed by atoms with Crippen LogP contribution >= 0.6 is 15.9 Å². The van der Waals surface area contributed by atoms with Gasteiger partial charge in [0.25, 0.3) is 0 Å². The predicted octanol–water partition coefficient (Wildman–Crippen LogP) is 2.21. The molecule has 68 valence electrons. The first-order chi connectivity index (χ1) is 6.22. The van der Waals surface area contributed by atoms with E-state index in [4.69, 9.17) is 0 Å². The lowest BCUT2D eigenvalue weighted by molar-refractivity contribution is -0.115. The van der Waals surface area contributed by atoms with Crippen LogP contribution in [-0.4, -0.2) is 13.0 Å². The standard InChI is InChI=1S/C10H10BrNO/c1-12-10(13)7-4-8-2-5-9(11)6-3-8/h2-7H,1H3,(H,12,13)/b7-4+. The quantitative estimate of drug-likeness (QED) is 0.789. The lowest BCUT2D eigenvalue weighted by Crippen LogP contribution is -2.13. The molecule has 0 aromatic heterocycles. The van der Waals surface area contributed by atoms with Gasteiger partial charge in [-0.15, -0.1) is 0 Å². The third kappa shape index (κ3) is 3.42. The lowest BCUT2D eigenvalue weighted by atomic mass is 10.2. The van der Waals surface area contributed by atoms with Gasteiger partial charge in [0.05, 0.1) is 0 Å². The van der Waals surface area contributed by atoms with Gasteiger partial charge in [0.1, 0.15) is 0 Å². The van der Waals surface area contributed by atoms with Crippen LogP contribution in [0.4, 0.5) is 0 Å². The van der Waals surface area contributed by atoms with Gasteiger partial charge in [-0.05, 0) is 23.8 Å². The average Bonchev–Trinajstić information content (AvgIpc) is 2.16. The van der Waals surface area contributed by atoms with Crippen molar-refractivity contribution in [2.45, 2.75) is 0 Å². The molecule has 1 aromatic rings. The van der Waals surface area contributed by atoms with E-state index in [9.17, 15) is 4.79 Å². The SMILES string of the molecule is CNC(=O)/C=C/c1ccc(Br)cc1. The average molecular weight is 240 g/mol. The Labute approximate surface area is 85.8 Å². The first-order valence-corrected chi connectivity index (χ1v) is 4.67. The van der Waals surface area contributed by atoms with E-state index in [0.717, 1.165) is 10.0 Å². The number of likely N-dealkylation sites (N-methyl/N-ethyl adjacent to an activating group) is 1. The van der Waals surface area contributed by atoms with Crippen molar-refractivity contribution >= 4 is 27.9 Å². The molecule has 1 rings (SSSR count). The number of rotatable bonds is 2. The highest BCUT2D eigenvalue weighted by Crippen LogP contribution is 2.11. The normalized spacial score (nSPS) is 10.3. The number of carbonyl (C=O) groups is 1. The fourth-order valence-electron chi connectivity index (χ4n) is 0.829. The smallest absolute Gasteiger partial charge is 0.243 e. The van der Waals surface area contributed by atoms with Crippen LogP contribution in [0.3, 0.4) is 0 Å². The number of halogens is 1. The minimum absolute atomic E-state index is 0.0945. The maximum Gasteiger partial charge on any atom is 0.243 e. The van der Waals surface area contributed by atoms with Crippen molar-refractivity contribution in [3.63, 3.8) is 0 Å². The highest BCUT2D eigenvalue weighted by atomic mass is 79.9. The molecule has 0 heterocycles. The van der Waals surface area contributed by atoms with E-state index in [-0.39, 0.29) is 5.91 Å². The van der Waals surface area contributed by atoms with Gasteiger partial charge in [0, 0.05) is 17.6 Å². The summed E-state index contributed by atoms with van der Waals surface area (Å²) in [6, 6.07) is 7.74. The van der Waals surface area contributed by atoms with Crippen LogP contribution in [0.15, 0.2) is 34.8 Å². The first kappa shape index (κ1) is 9.99. The van der Waals surface area contributed by atoms with Crippen molar-refractivity contribution in [2.24, 2.45) is 0 Å². The molecule has 0 saturated carbocycles. The summed E-state index contributed by atoms with van der Waals surface area (Å²) in [5.74, 6) is -0.0945. The molecule has 0 unspecified atom stereocenters. The second-order valence-electron chi connectivity index (χ2n) is 2.50. The van der Waals surface area contributed by atoms with Crippen LogP contribution in [0, 0.1) is 0 Å². The molecule has 3 heteroatoms. The van der Waals surface area contributed by atoms with Gasteiger partial charge >= 0.3 is 0 Å². The molecular weight excluding hydrogens is 230 g/mol. The number of hydrogen-bond acceptors (Lipinski definition) is 1. The fourth-order valence-corrected chi connectivity index (χ4v) is 1.09. The van der Waals surface area contributed by atoms with E-state index >= 15 is 0 Å². The summed E-state index contributed by atoms with van der Waals surface area (Å²) in [6.45, 7) is 0. The number of nitrogens with one attached hydrogen (secondary N) is 1. The van der Waals surface area contributed by atoms with E-state index in [1.807, 2.05) is 24.3 Å². The third-order valence-corrected chi connectivity index (χ3v) is 2.07. The van der Waals surface area contributed by atoms with Gasteiger partial charge in [-0.25, -0.2) is 0 Å². The zero-order chi connectivity index (χ0) is 9.68. The van der Waals surface area contributed by atoms with E-state index < -0.39 is 0 Å². The second kappa shape index (κ2) is 4.82. The zero-order valence-corrected chi connectivity index (χ0v) is 8.84. The summed E-state index contributed by atoms with van der Waals surface area (Å²) in [5, 5.41) is 2.51. The molecule has 0 aliphatic carbocycles. The van der Waals surface area contributed by atoms with Crippen LogP contribution < -0.4 is 5.32 Å². The Morgan fingerprint density at radius 3 is 2.54 bits per heavy atom. The summed E-state index contributed by atoms with van der Waals surface area (Å²) in [6.07, 6.45) is 3.27. The number of hydrogen-bond donors (Lipinski definition) is 1. The van der Waals surface area contributed by atoms with Gasteiger partial charge in [-0.3, -0.25) is 4.79 Å². The van der Waals surface area contributed by atoms with Crippen molar-refractivity contribution in [3.05, 3.63) is 40.4 Å². The highest BCUT2D eigenvalue weighted by molar-refractivity contribution is 9.10. The number of benzene rings is 1. The summed E-state index contributed by atoms with van der Waals surface area (Å²) < 4.78 is 1.03. The number of amides is 1.